The summed E-state index contributed by atoms with van der Waals surface area (Å²) in [6, 6.07) is 9.06. The third kappa shape index (κ3) is 3.49. The van der Waals surface area contributed by atoms with Crippen molar-refractivity contribution in [2.75, 3.05) is 7.05 Å². The van der Waals surface area contributed by atoms with Gasteiger partial charge in [-0.2, -0.15) is 9.40 Å². The van der Waals surface area contributed by atoms with Crippen LogP contribution in [0.25, 0.3) is 5.69 Å². The fourth-order valence-corrected chi connectivity index (χ4v) is 3.98. The molecule has 142 valence electrons. The van der Waals surface area contributed by atoms with E-state index in [1.807, 2.05) is 12.1 Å². The second-order valence-corrected chi connectivity index (χ2v) is 8.15. The van der Waals surface area contributed by atoms with Crippen molar-refractivity contribution in [2.24, 2.45) is 14.1 Å². The van der Waals surface area contributed by atoms with Crippen LogP contribution in [0.4, 0.5) is 0 Å². The zero-order valence-electron chi connectivity index (χ0n) is 15.1. The predicted octanol–water partition coefficient (Wildman–Crippen LogP) is 0.0904. The third-order valence-corrected chi connectivity index (χ3v) is 5.97. The van der Waals surface area contributed by atoms with Crippen molar-refractivity contribution in [3.63, 3.8) is 0 Å². The summed E-state index contributed by atoms with van der Waals surface area (Å²) in [7, 11) is -0.0446. The van der Waals surface area contributed by atoms with Gasteiger partial charge in [0.25, 0.3) is 5.56 Å². The lowest BCUT2D eigenvalue weighted by molar-refractivity contribution is 0.462. The van der Waals surface area contributed by atoms with E-state index >= 15 is 0 Å². The number of hydrogen-bond donors (Lipinski definition) is 0. The lowest BCUT2D eigenvalue weighted by Crippen LogP contribution is -2.41. The van der Waals surface area contributed by atoms with Gasteiger partial charge in [0.1, 0.15) is 0 Å². The molecule has 27 heavy (non-hydrogen) atoms. The summed E-state index contributed by atoms with van der Waals surface area (Å²) in [4.78, 5) is 23.6. The molecule has 0 radical (unpaired) electrons. The van der Waals surface area contributed by atoms with Gasteiger partial charge in [-0.1, -0.05) is 12.1 Å². The van der Waals surface area contributed by atoms with Crippen molar-refractivity contribution in [3.05, 3.63) is 75.3 Å². The normalized spacial score (nSPS) is 11.9. The van der Waals surface area contributed by atoms with Gasteiger partial charge in [0, 0.05) is 46.3 Å². The Balaban J connectivity index is 1.95. The Labute approximate surface area is 155 Å². The average Bonchev–Trinajstić information content (AvgIpc) is 3.17. The summed E-state index contributed by atoms with van der Waals surface area (Å²) in [5, 5.41) is 4.15. The highest BCUT2D eigenvalue weighted by molar-refractivity contribution is 7.89. The molecule has 2 heterocycles. The predicted molar refractivity (Wildman–Crippen MR) is 99.1 cm³/mol. The largest absolute Gasteiger partial charge is 0.330 e. The highest BCUT2D eigenvalue weighted by Crippen LogP contribution is 2.15. The third-order valence-electron chi connectivity index (χ3n) is 4.19. The molecule has 10 heteroatoms. The SMILES string of the molecule is CN(Cc1cccc(-n2cccn2)c1)S(=O)(=O)c1cn(C)c(=O)n(C)c1=O. The second kappa shape index (κ2) is 6.97. The van der Waals surface area contributed by atoms with E-state index in [0.29, 0.717) is 0 Å². The number of nitrogens with zero attached hydrogens (tertiary/aromatic N) is 5. The van der Waals surface area contributed by atoms with Crippen molar-refractivity contribution >= 4 is 10.0 Å². The number of sulfonamides is 1. The van der Waals surface area contributed by atoms with Crippen molar-refractivity contribution in [1.29, 1.82) is 0 Å². The lowest BCUT2D eigenvalue weighted by Gasteiger charge is -2.18. The van der Waals surface area contributed by atoms with Crippen LogP contribution in [-0.4, -0.2) is 38.7 Å². The smallest absolute Gasteiger partial charge is 0.302 e. The van der Waals surface area contributed by atoms with E-state index in [-0.39, 0.29) is 6.54 Å². The Bertz CT molecular complexity index is 1190. The number of aryl methyl sites for hydroxylation is 1. The van der Waals surface area contributed by atoms with Crippen LogP contribution >= 0.6 is 0 Å². The first-order chi connectivity index (χ1) is 12.7. The van der Waals surface area contributed by atoms with Crippen molar-refractivity contribution < 1.29 is 8.42 Å². The molecule has 0 aliphatic rings. The molecule has 0 aliphatic heterocycles. The molecule has 0 spiro atoms. The summed E-state index contributed by atoms with van der Waals surface area (Å²) in [6.07, 6.45) is 4.49. The fourth-order valence-electron chi connectivity index (χ4n) is 2.68. The van der Waals surface area contributed by atoms with E-state index in [0.717, 1.165) is 30.9 Å². The Morgan fingerprint density at radius 2 is 1.89 bits per heavy atom. The second-order valence-electron chi connectivity index (χ2n) is 6.13. The molecule has 0 saturated heterocycles. The quantitative estimate of drug-likeness (QED) is 0.616. The van der Waals surface area contributed by atoms with Gasteiger partial charge in [-0.25, -0.2) is 17.9 Å². The zero-order valence-corrected chi connectivity index (χ0v) is 15.9. The van der Waals surface area contributed by atoms with Gasteiger partial charge < -0.3 is 4.57 Å². The summed E-state index contributed by atoms with van der Waals surface area (Å²) in [5.74, 6) is 0. The first kappa shape index (κ1) is 18.8. The number of hydrogen-bond acceptors (Lipinski definition) is 5. The van der Waals surface area contributed by atoms with Gasteiger partial charge in [-0.3, -0.25) is 9.36 Å². The minimum atomic E-state index is -4.08. The first-order valence-corrected chi connectivity index (χ1v) is 9.48. The Morgan fingerprint density at radius 3 is 2.56 bits per heavy atom. The van der Waals surface area contributed by atoms with Crippen LogP contribution in [0, 0.1) is 0 Å². The van der Waals surface area contributed by atoms with Crippen LogP contribution in [0.2, 0.25) is 0 Å². The molecule has 0 N–H and O–H groups in total. The minimum absolute atomic E-state index is 0.0590. The molecule has 0 unspecified atom stereocenters. The highest BCUT2D eigenvalue weighted by Gasteiger charge is 2.26. The maximum Gasteiger partial charge on any atom is 0.330 e. The van der Waals surface area contributed by atoms with E-state index in [2.05, 4.69) is 5.10 Å². The molecule has 0 amide bonds. The molecule has 3 aromatic rings. The van der Waals surface area contributed by atoms with E-state index < -0.39 is 26.2 Å². The summed E-state index contributed by atoms with van der Waals surface area (Å²) in [5.41, 5.74) is 0.0841. The van der Waals surface area contributed by atoms with Gasteiger partial charge in [0.05, 0.1) is 5.69 Å². The number of benzene rings is 1. The molecule has 0 bridgehead atoms. The van der Waals surface area contributed by atoms with E-state index in [1.165, 1.54) is 21.1 Å². The molecule has 1 aromatic carbocycles. The molecular weight excluding hydrogens is 370 g/mol. The molecule has 0 atom stereocenters. The number of rotatable bonds is 5. The lowest BCUT2D eigenvalue weighted by atomic mass is 10.2. The van der Waals surface area contributed by atoms with Gasteiger partial charge in [-0.15, -0.1) is 0 Å². The fraction of sp³-hybridized carbons (Fsp3) is 0.235. The minimum Gasteiger partial charge on any atom is -0.302 e. The number of aromatic nitrogens is 4. The highest BCUT2D eigenvalue weighted by atomic mass is 32.2. The first-order valence-electron chi connectivity index (χ1n) is 8.04. The van der Waals surface area contributed by atoms with Crippen LogP contribution in [0.5, 0.6) is 0 Å². The summed E-state index contributed by atoms with van der Waals surface area (Å²) < 4.78 is 30.3. The van der Waals surface area contributed by atoms with E-state index in [4.69, 9.17) is 0 Å². The van der Waals surface area contributed by atoms with E-state index in [9.17, 15) is 18.0 Å². The maximum absolute atomic E-state index is 12.9. The van der Waals surface area contributed by atoms with Crippen molar-refractivity contribution in [2.45, 2.75) is 11.4 Å². The molecule has 2 aromatic heterocycles. The van der Waals surface area contributed by atoms with Crippen LogP contribution in [0.3, 0.4) is 0 Å². The van der Waals surface area contributed by atoms with Crippen LogP contribution in [0.15, 0.2) is 63.4 Å². The molecule has 3 rings (SSSR count). The topological polar surface area (TPSA) is 99.2 Å². The summed E-state index contributed by atoms with van der Waals surface area (Å²) in [6.45, 7) is 0.0590. The molecular formula is C17H19N5O4S. The van der Waals surface area contributed by atoms with E-state index in [1.54, 1.807) is 35.3 Å². The monoisotopic (exact) mass is 389 g/mol. The van der Waals surface area contributed by atoms with Crippen LogP contribution in [-0.2, 0) is 30.7 Å². The maximum atomic E-state index is 12.9. The molecule has 0 aliphatic carbocycles. The van der Waals surface area contributed by atoms with Gasteiger partial charge in [0.15, 0.2) is 4.90 Å². The Morgan fingerprint density at radius 1 is 1.15 bits per heavy atom. The van der Waals surface area contributed by atoms with Gasteiger partial charge in [-0.05, 0) is 23.8 Å². The Hall–Kier alpha value is -2.98. The van der Waals surface area contributed by atoms with Gasteiger partial charge in [0.2, 0.25) is 10.0 Å². The van der Waals surface area contributed by atoms with Crippen molar-refractivity contribution in [3.8, 4) is 5.69 Å². The molecule has 0 saturated carbocycles. The zero-order chi connectivity index (χ0) is 19.8. The van der Waals surface area contributed by atoms with Crippen LogP contribution in [0.1, 0.15) is 5.56 Å². The standard InChI is InChI=1S/C17H19N5O4S/c1-19-12-15(16(23)21(3)17(19)24)27(25,26)20(2)11-13-6-4-7-14(10-13)22-9-5-8-18-22/h4-10,12H,11H2,1-3H3. The molecule has 0 fully saturated rings. The van der Waals surface area contributed by atoms with Gasteiger partial charge >= 0.3 is 5.69 Å². The summed E-state index contributed by atoms with van der Waals surface area (Å²) >= 11 is 0. The van der Waals surface area contributed by atoms with Crippen LogP contribution < -0.4 is 11.2 Å². The van der Waals surface area contributed by atoms with Crippen molar-refractivity contribution in [1.82, 2.24) is 23.2 Å². The Kier molecular flexibility index (Phi) is 4.85. The molecule has 9 nitrogen and oxygen atoms in total. The average molecular weight is 389 g/mol.